The van der Waals surface area contributed by atoms with Gasteiger partial charge in [-0.25, -0.2) is 0 Å². The second-order valence-electron chi connectivity index (χ2n) is 6.49. The number of phenols is 2. The number of benzene rings is 3. The summed E-state index contributed by atoms with van der Waals surface area (Å²) in [7, 11) is 0. The number of hydrogen-bond acceptors (Lipinski definition) is 3. The van der Waals surface area contributed by atoms with Gasteiger partial charge in [-0.05, 0) is 53.9 Å². The van der Waals surface area contributed by atoms with Crippen LogP contribution in [0.3, 0.4) is 0 Å². The Balaban J connectivity index is 2.22. The standard InChI is InChI=1S/C23H25NO2/c1-2-3-17-24-23(18-7-5-4-6-8-18,19-9-13-21(25)14-10-19)20-11-15-22(26)16-12-20/h4-16,24-26H,2-3,17H2,1H3. The summed E-state index contributed by atoms with van der Waals surface area (Å²) in [5.74, 6) is 0.491. The fraction of sp³-hybridized carbons (Fsp3) is 0.217. The minimum absolute atomic E-state index is 0.245. The van der Waals surface area contributed by atoms with Crippen LogP contribution in [0.1, 0.15) is 36.5 Å². The maximum atomic E-state index is 9.76. The van der Waals surface area contributed by atoms with E-state index >= 15 is 0 Å². The van der Waals surface area contributed by atoms with Crippen molar-refractivity contribution in [2.75, 3.05) is 6.54 Å². The zero-order chi connectivity index (χ0) is 18.4. The van der Waals surface area contributed by atoms with Gasteiger partial charge in [0.1, 0.15) is 11.5 Å². The molecule has 0 heterocycles. The molecule has 0 spiro atoms. The number of hydrogen-bond donors (Lipinski definition) is 3. The quantitative estimate of drug-likeness (QED) is 0.426. The maximum absolute atomic E-state index is 9.76. The minimum Gasteiger partial charge on any atom is -0.508 e. The lowest BCUT2D eigenvalue weighted by Crippen LogP contribution is -2.45. The molecule has 0 amide bonds. The third-order valence-electron chi connectivity index (χ3n) is 4.73. The van der Waals surface area contributed by atoms with Gasteiger partial charge in [-0.1, -0.05) is 67.9 Å². The molecule has 0 fully saturated rings. The van der Waals surface area contributed by atoms with Crippen molar-refractivity contribution < 1.29 is 10.2 Å². The average molecular weight is 347 g/mol. The number of unbranched alkanes of at least 4 members (excludes halogenated alkanes) is 1. The fourth-order valence-corrected chi connectivity index (χ4v) is 3.37. The highest BCUT2D eigenvalue weighted by Gasteiger charge is 2.35. The van der Waals surface area contributed by atoms with Gasteiger partial charge < -0.3 is 10.2 Å². The van der Waals surface area contributed by atoms with E-state index in [0.717, 1.165) is 36.1 Å². The van der Waals surface area contributed by atoms with Gasteiger partial charge in [-0.15, -0.1) is 0 Å². The minimum atomic E-state index is -0.558. The molecule has 3 aromatic carbocycles. The predicted molar refractivity (Wildman–Crippen MR) is 105 cm³/mol. The zero-order valence-electron chi connectivity index (χ0n) is 15.0. The molecular weight excluding hydrogens is 322 g/mol. The first-order valence-electron chi connectivity index (χ1n) is 9.06. The van der Waals surface area contributed by atoms with E-state index in [0.29, 0.717) is 0 Å². The van der Waals surface area contributed by atoms with E-state index in [1.807, 2.05) is 42.5 Å². The molecule has 0 aliphatic carbocycles. The molecule has 0 bridgehead atoms. The van der Waals surface area contributed by atoms with Crippen molar-refractivity contribution in [1.82, 2.24) is 5.32 Å². The topological polar surface area (TPSA) is 52.5 Å². The summed E-state index contributed by atoms with van der Waals surface area (Å²) < 4.78 is 0. The van der Waals surface area contributed by atoms with Crippen LogP contribution in [0.25, 0.3) is 0 Å². The van der Waals surface area contributed by atoms with E-state index in [4.69, 9.17) is 0 Å². The van der Waals surface area contributed by atoms with Gasteiger partial charge in [0, 0.05) is 0 Å². The second kappa shape index (κ2) is 8.07. The molecule has 0 atom stereocenters. The molecule has 3 rings (SSSR count). The van der Waals surface area contributed by atoms with Gasteiger partial charge in [-0.3, -0.25) is 5.32 Å². The Labute approximate surface area is 155 Å². The van der Waals surface area contributed by atoms with Crippen LogP contribution in [0.2, 0.25) is 0 Å². The molecule has 0 radical (unpaired) electrons. The van der Waals surface area contributed by atoms with Gasteiger partial charge in [0.25, 0.3) is 0 Å². The third-order valence-corrected chi connectivity index (χ3v) is 4.73. The molecule has 3 N–H and O–H groups in total. The van der Waals surface area contributed by atoms with Gasteiger partial charge in [0.05, 0.1) is 5.54 Å². The molecular formula is C23H25NO2. The average Bonchev–Trinajstić information content (AvgIpc) is 2.68. The van der Waals surface area contributed by atoms with Crippen molar-refractivity contribution in [1.29, 1.82) is 0 Å². The van der Waals surface area contributed by atoms with E-state index in [1.54, 1.807) is 24.3 Å². The molecule has 3 heteroatoms. The van der Waals surface area contributed by atoms with Crippen LogP contribution < -0.4 is 5.32 Å². The molecule has 0 aromatic heterocycles. The number of aromatic hydroxyl groups is 2. The molecule has 0 unspecified atom stereocenters. The fourth-order valence-electron chi connectivity index (χ4n) is 3.37. The van der Waals surface area contributed by atoms with E-state index in [2.05, 4.69) is 24.4 Å². The molecule has 3 aromatic rings. The highest BCUT2D eigenvalue weighted by atomic mass is 16.3. The van der Waals surface area contributed by atoms with Crippen molar-refractivity contribution in [2.45, 2.75) is 25.3 Å². The van der Waals surface area contributed by atoms with Crippen LogP contribution in [0.4, 0.5) is 0 Å². The van der Waals surface area contributed by atoms with E-state index in [1.165, 1.54) is 0 Å². The zero-order valence-corrected chi connectivity index (χ0v) is 15.0. The van der Waals surface area contributed by atoms with Crippen LogP contribution in [-0.4, -0.2) is 16.8 Å². The molecule has 0 aliphatic heterocycles. The lowest BCUT2D eigenvalue weighted by atomic mass is 9.77. The van der Waals surface area contributed by atoms with Crippen molar-refractivity contribution in [2.24, 2.45) is 0 Å². The van der Waals surface area contributed by atoms with Crippen LogP contribution in [0, 0.1) is 0 Å². The second-order valence-corrected chi connectivity index (χ2v) is 6.49. The lowest BCUT2D eigenvalue weighted by Gasteiger charge is -2.37. The van der Waals surface area contributed by atoms with Crippen molar-refractivity contribution >= 4 is 0 Å². The summed E-state index contributed by atoms with van der Waals surface area (Å²) in [5.41, 5.74) is 2.65. The van der Waals surface area contributed by atoms with Gasteiger partial charge in [0.2, 0.25) is 0 Å². The molecule has 0 saturated carbocycles. The van der Waals surface area contributed by atoms with Gasteiger partial charge in [-0.2, -0.15) is 0 Å². The summed E-state index contributed by atoms with van der Waals surface area (Å²) >= 11 is 0. The Kier molecular flexibility index (Phi) is 5.59. The molecule has 0 aliphatic rings. The largest absolute Gasteiger partial charge is 0.508 e. The summed E-state index contributed by atoms with van der Waals surface area (Å²) in [5, 5.41) is 23.3. The van der Waals surface area contributed by atoms with E-state index < -0.39 is 5.54 Å². The van der Waals surface area contributed by atoms with Crippen LogP contribution >= 0.6 is 0 Å². The van der Waals surface area contributed by atoms with Crippen LogP contribution in [0.5, 0.6) is 11.5 Å². The van der Waals surface area contributed by atoms with Crippen molar-refractivity contribution in [3.05, 3.63) is 95.6 Å². The summed E-state index contributed by atoms with van der Waals surface area (Å²) in [6.45, 7) is 3.03. The molecule has 134 valence electrons. The van der Waals surface area contributed by atoms with Crippen molar-refractivity contribution in [3.63, 3.8) is 0 Å². The first-order valence-corrected chi connectivity index (χ1v) is 9.06. The lowest BCUT2D eigenvalue weighted by molar-refractivity contribution is 0.454. The first kappa shape index (κ1) is 18.0. The number of rotatable bonds is 7. The Hall–Kier alpha value is -2.78. The van der Waals surface area contributed by atoms with Crippen molar-refractivity contribution in [3.8, 4) is 11.5 Å². The summed E-state index contributed by atoms with van der Waals surface area (Å²) in [6.07, 6.45) is 2.16. The third kappa shape index (κ3) is 3.58. The van der Waals surface area contributed by atoms with E-state index in [9.17, 15) is 10.2 Å². The Bertz CT molecular complexity index is 766. The molecule has 3 nitrogen and oxygen atoms in total. The predicted octanol–water partition coefficient (Wildman–Crippen LogP) is 4.78. The SMILES string of the molecule is CCCCNC(c1ccccc1)(c1ccc(O)cc1)c1ccc(O)cc1. The molecule has 0 saturated heterocycles. The first-order chi connectivity index (χ1) is 12.7. The van der Waals surface area contributed by atoms with E-state index in [-0.39, 0.29) is 11.5 Å². The Morgan fingerprint density at radius 3 is 1.62 bits per heavy atom. The summed E-state index contributed by atoms with van der Waals surface area (Å²) in [6, 6.07) is 25.0. The molecule has 26 heavy (non-hydrogen) atoms. The Morgan fingerprint density at radius 1 is 0.692 bits per heavy atom. The number of nitrogens with one attached hydrogen (secondary N) is 1. The smallest absolute Gasteiger partial charge is 0.115 e. The van der Waals surface area contributed by atoms with Crippen LogP contribution in [0.15, 0.2) is 78.9 Å². The monoisotopic (exact) mass is 347 g/mol. The van der Waals surface area contributed by atoms with Gasteiger partial charge >= 0.3 is 0 Å². The van der Waals surface area contributed by atoms with Gasteiger partial charge in [0.15, 0.2) is 0 Å². The normalized spacial score (nSPS) is 11.4. The number of phenolic OH excluding ortho intramolecular Hbond substituents is 2. The highest BCUT2D eigenvalue weighted by Crippen LogP contribution is 2.38. The summed E-state index contributed by atoms with van der Waals surface area (Å²) in [4.78, 5) is 0. The van der Waals surface area contributed by atoms with Crippen LogP contribution in [-0.2, 0) is 5.54 Å². The highest BCUT2D eigenvalue weighted by molar-refractivity contribution is 5.51. The maximum Gasteiger partial charge on any atom is 0.115 e. The Morgan fingerprint density at radius 2 is 1.15 bits per heavy atom.